The number of carboxylic acids is 1. The first-order valence-corrected chi connectivity index (χ1v) is 8.59. The van der Waals surface area contributed by atoms with E-state index >= 15 is 0 Å². The third kappa shape index (κ3) is 3.58. The Bertz CT molecular complexity index is 620. The van der Waals surface area contributed by atoms with Crippen LogP contribution >= 0.6 is 15.9 Å². The number of amides is 1. The van der Waals surface area contributed by atoms with Crippen LogP contribution in [0.25, 0.3) is 0 Å². The van der Waals surface area contributed by atoms with Crippen LogP contribution in [0.15, 0.2) is 28.7 Å². The molecule has 4 unspecified atom stereocenters. The van der Waals surface area contributed by atoms with E-state index in [0.29, 0.717) is 13.0 Å². The fourth-order valence-electron chi connectivity index (χ4n) is 3.50. The molecule has 1 saturated heterocycles. The zero-order valence-corrected chi connectivity index (χ0v) is 14.5. The minimum Gasteiger partial charge on any atom is -0.481 e. The third-order valence-electron chi connectivity index (χ3n) is 4.79. The van der Waals surface area contributed by atoms with Gasteiger partial charge in [0, 0.05) is 30.1 Å². The number of carbonyl (C=O) groups excluding carboxylic acids is 1. The normalized spacial score (nSPS) is 29.6. The molecule has 1 saturated carbocycles. The number of halogens is 1. The Labute approximate surface area is 143 Å². The molecular weight excluding hydrogens is 362 g/mol. The molecule has 3 rings (SSSR count). The van der Waals surface area contributed by atoms with Crippen LogP contribution in [0, 0.1) is 5.92 Å². The van der Waals surface area contributed by atoms with E-state index in [4.69, 9.17) is 9.84 Å². The molecule has 1 amide bonds. The number of benzene rings is 1. The summed E-state index contributed by atoms with van der Waals surface area (Å²) in [6.45, 7) is 0.495. The molecular formula is C17H20BrNO4. The minimum atomic E-state index is -0.871. The van der Waals surface area contributed by atoms with E-state index in [1.165, 1.54) is 0 Å². The standard InChI is InChI=1S/C17H20BrNO4/c1-23-13-6-12(7-16(20)21)19(9-13)17(22)15-8-14(15)10-3-2-4-11(18)5-10/h2-5,12-15H,6-9H2,1H3,(H,20,21). The van der Waals surface area contributed by atoms with Crippen molar-refractivity contribution < 1.29 is 19.4 Å². The second-order valence-electron chi connectivity index (χ2n) is 6.34. The predicted octanol–water partition coefficient (Wildman–Crippen LogP) is 2.64. The summed E-state index contributed by atoms with van der Waals surface area (Å²) in [5.41, 5.74) is 1.16. The summed E-state index contributed by atoms with van der Waals surface area (Å²) in [4.78, 5) is 25.6. The van der Waals surface area contributed by atoms with Gasteiger partial charge in [0.15, 0.2) is 0 Å². The first-order chi connectivity index (χ1) is 11.0. The number of carbonyl (C=O) groups is 2. The molecule has 0 spiro atoms. The van der Waals surface area contributed by atoms with Crippen molar-refractivity contribution in [2.45, 2.75) is 37.3 Å². The summed E-state index contributed by atoms with van der Waals surface area (Å²) in [5, 5.41) is 9.06. The van der Waals surface area contributed by atoms with Crippen LogP contribution in [0.1, 0.15) is 30.7 Å². The smallest absolute Gasteiger partial charge is 0.305 e. The summed E-state index contributed by atoms with van der Waals surface area (Å²) >= 11 is 3.46. The van der Waals surface area contributed by atoms with Crippen LogP contribution in [0.4, 0.5) is 0 Å². The average Bonchev–Trinajstić information content (AvgIpc) is 3.21. The van der Waals surface area contributed by atoms with Gasteiger partial charge in [0.25, 0.3) is 0 Å². The SMILES string of the molecule is COC1CC(CC(=O)O)N(C(=O)C2CC2c2cccc(Br)c2)C1. The number of hydrogen-bond acceptors (Lipinski definition) is 3. The van der Waals surface area contributed by atoms with Gasteiger partial charge in [-0.1, -0.05) is 28.1 Å². The van der Waals surface area contributed by atoms with Crippen molar-refractivity contribution in [2.24, 2.45) is 5.92 Å². The van der Waals surface area contributed by atoms with Gasteiger partial charge < -0.3 is 14.7 Å². The Balaban J connectivity index is 1.69. The number of rotatable bonds is 5. The highest BCUT2D eigenvalue weighted by atomic mass is 79.9. The van der Waals surface area contributed by atoms with Gasteiger partial charge in [0.2, 0.25) is 5.91 Å². The van der Waals surface area contributed by atoms with Gasteiger partial charge in [-0.15, -0.1) is 0 Å². The molecule has 1 aliphatic carbocycles. The molecule has 5 nitrogen and oxygen atoms in total. The molecule has 1 aromatic rings. The minimum absolute atomic E-state index is 0.0140. The van der Waals surface area contributed by atoms with Gasteiger partial charge in [-0.25, -0.2) is 0 Å². The number of methoxy groups -OCH3 is 1. The monoisotopic (exact) mass is 381 g/mol. The molecule has 1 aliphatic heterocycles. The average molecular weight is 382 g/mol. The zero-order valence-electron chi connectivity index (χ0n) is 12.9. The molecule has 1 aromatic carbocycles. The lowest BCUT2D eigenvalue weighted by Gasteiger charge is -2.23. The molecule has 2 fully saturated rings. The summed E-state index contributed by atoms with van der Waals surface area (Å²) < 4.78 is 6.35. The predicted molar refractivity (Wildman–Crippen MR) is 88.2 cm³/mol. The van der Waals surface area contributed by atoms with Gasteiger partial charge in [0.05, 0.1) is 12.5 Å². The van der Waals surface area contributed by atoms with E-state index in [-0.39, 0.29) is 36.3 Å². The Kier molecular flexibility index (Phi) is 4.73. The second-order valence-corrected chi connectivity index (χ2v) is 7.26. The Morgan fingerprint density at radius 2 is 2.17 bits per heavy atom. The first-order valence-electron chi connectivity index (χ1n) is 7.80. The maximum Gasteiger partial charge on any atom is 0.305 e. The lowest BCUT2D eigenvalue weighted by Crippen LogP contribution is -2.38. The van der Waals surface area contributed by atoms with Crippen molar-refractivity contribution in [3.8, 4) is 0 Å². The third-order valence-corrected chi connectivity index (χ3v) is 5.28. The van der Waals surface area contributed by atoms with E-state index < -0.39 is 5.97 Å². The van der Waals surface area contributed by atoms with Gasteiger partial charge >= 0.3 is 5.97 Å². The summed E-state index contributed by atoms with van der Waals surface area (Å²) in [6.07, 6.45) is 1.36. The van der Waals surface area contributed by atoms with Crippen LogP contribution in [-0.4, -0.2) is 47.7 Å². The molecule has 0 bridgehead atoms. The maximum absolute atomic E-state index is 12.8. The number of ether oxygens (including phenoxy) is 1. The maximum atomic E-state index is 12.8. The largest absolute Gasteiger partial charge is 0.481 e. The number of nitrogens with zero attached hydrogens (tertiary/aromatic N) is 1. The molecule has 23 heavy (non-hydrogen) atoms. The molecule has 124 valence electrons. The summed E-state index contributed by atoms with van der Waals surface area (Å²) in [6, 6.07) is 7.78. The van der Waals surface area contributed by atoms with Crippen LogP contribution in [0.3, 0.4) is 0 Å². The van der Waals surface area contributed by atoms with Crippen molar-refractivity contribution >= 4 is 27.8 Å². The van der Waals surface area contributed by atoms with E-state index in [1.54, 1.807) is 12.0 Å². The molecule has 1 N–H and O–H groups in total. The van der Waals surface area contributed by atoms with Crippen molar-refractivity contribution in [3.63, 3.8) is 0 Å². The number of carboxylic acid groups (broad SMARTS) is 1. The number of likely N-dealkylation sites (tertiary alicyclic amines) is 1. The Hall–Kier alpha value is -1.40. The molecule has 1 heterocycles. The van der Waals surface area contributed by atoms with E-state index in [9.17, 15) is 9.59 Å². The van der Waals surface area contributed by atoms with Gasteiger partial charge in [-0.2, -0.15) is 0 Å². The van der Waals surface area contributed by atoms with Gasteiger partial charge in [0.1, 0.15) is 0 Å². The van der Waals surface area contributed by atoms with Crippen LogP contribution in [0.5, 0.6) is 0 Å². The van der Waals surface area contributed by atoms with Crippen molar-refractivity contribution in [1.82, 2.24) is 4.90 Å². The highest BCUT2D eigenvalue weighted by Gasteiger charge is 2.49. The highest BCUT2D eigenvalue weighted by Crippen LogP contribution is 2.49. The molecule has 2 aliphatic rings. The van der Waals surface area contributed by atoms with Gasteiger partial charge in [-0.05, 0) is 36.5 Å². The fourth-order valence-corrected chi connectivity index (χ4v) is 3.91. The van der Waals surface area contributed by atoms with Gasteiger partial charge in [-0.3, -0.25) is 9.59 Å². The topological polar surface area (TPSA) is 66.8 Å². The number of hydrogen-bond donors (Lipinski definition) is 1. The van der Waals surface area contributed by atoms with Crippen molar-refractivity contribution in [3.05, 3.63) is 34.3 Å². The van der Waals surface area contributed by atoms with Crippen LogP contribution in [0.2, 0.25) is 0 Å². The summed E-state index contributed by atoms with van der Waals surface area (Å²) in [7, 11) is 1.61. The summed E-state index contributed by atoms with van der Waals surface area (Å²) in [5.74, 6) is -0.590. The van der Waals surface area contributed by atoms with E-state index in [0.717, 1.165) is 16.5 Å². The van der Waals surface area contributed by atoms with E-state index in [2.05, 4.69) is 22.0 Å². The Morgan fingerprint density at radius 3 is 2.83 bits per heavy atom. The lowest BCUT2D eigenvalue weighted by atomic mass is 10.1. The molecule has 0 radical (unpaired) electrons. The lowest BCUT2D eigenvalue weighted by molar-refractivity contribution is -0.140. The second kappa shape index (κ2) is 6.61. The highest BCUT2D eigenvalue weighted by molar-refractivity contribution is 9.10. The van der Waals surface area contributed by atoms with E-state index in [1.807, 2.05) is 18.2 Å². The van der Waals surface area contributed by atoms with Crippen LogP contribution < -0.4 is 0 Å². The molecule has 0 aromatic heterocycles. The van der Waals surface area contributed by atoms with Crippen LogP contribution in [-0.2, 0) is 14.3 Å². The number of aliphatic carboxylic acids is 1. The Morgan fingerprint density at radius 1 is 1.39 bits per heavy atom. The molecule has 4 atom stereocenters. The quantitative estimate of drug-likeness (QED) is 0.851. The fraction of sp³-hybridized carbons (Fsp3) is 0.529. The molecule has 6 heteroatoms. The first kappa shape index (κ1) is 16.5. The van der Waals surface area contributed by atoms with Crippen molar-refractivity contribution in [1.29, 1.82) is 0 Å². The zero-order chi connectivity index (χ0) is 16.6. The van der Waals surface area contributed by atoms with Crippen molar-refractivity contribution in [2.75, 3.05) is 13.7 Å².